The summed E-state index contributed by atoms with van der Waals surface area (Å²) in [6, 6.07) is 2.23. The van der Waals surface area contributed by atoms with E-state index in [9.17, 15) is 4.79 Å². The molecule has 1 aliphatic heterocycles. The van der Waals surface area contributed by atoms with Gasteiger partial charge in [0.15, 0.2) is 5.65 Å². The number of nitrogens with zero attached hydrogens (tertiary/aromatic N) is 6. The molecule has 1 fully saturated rings. The van der Waals surface area contributed by atoms with Gasteiger partial charge >= 0.3 is 5.69 Å². The Labute approximate surface area is 203 Å². The van der Waals surface area contributed by atoms with E-state index in [1.54, 1.807) is 12.4 Å². The van der Waals surface area contributed by atoms with Crippen LogP contribution < -0.4 is 15.9 Å². The van der Waals surface area contributed by atoms with Crippen molar-refractivity contribution in [1.29, 1.82) is 0 Å². The Bertz CT molecular complexity index is 1220. The fraction of sp³-hybridized carbons (Fsp3) is 0.522. The third-order valence-corrected chi connectivity index (χ3v) is 6.48. The van der Waals surface area contributed by atoms with Gasteiger partial charge in [0, 0.05) is 25.2 Å². The summed E-state index contributed by atoms with van der Waals surface area (Å²) in [6.07, 6.45) is 1.55. The predicted molar refractivity (Wildman–Crippen MR) is 133 cm³/mol. The third kappa shape index (κ3) is 4.44. The largest absolute Gasteiger partial charge is 0.355 e. The van der Waals surface area contributed by atoms with Gasteiger partial charge in [-0.25, -0.2) is 24.3 Å². The number of piperazine rings is 1. The zero-order valence-electron chi connectivity index (χ0n) is 19.7. The summed E-state index contributed by atoms with van der Waals surface area (Å²) in [5.74, 6) is 0.672. The molecule has 0 bridgehead atoms. The number of rotatable bonds is 4. The van der Waals surface area contributed by atoms with Gasteiger partial charge in [-0.1, -0.05) is 50.9 Å². The molecule has 1 saturated heterocycles. The van der Waals surface area contributed by atoms with Gasteiger partial charge in [0.1, 0.15) is 17.3 Å². The highest BCUT2D eigenvalue weighted by atomic mass is 35.5. The Hall–Kier alpha value is -2.29. The topological polar surface area (TPSA) is 88.8 Å². The van der Waals surface area contributed by atoms with Gasteiger partial charge in [0.2, 0.25) is 0 Å². The number of nitrogens with one attached hydrogen (secondary N) is 1. The lowest BCUT2D eigenvalue weighted by atomic mass is 10.0. The second-order valence-corrected chi connectivity index (χ2v) is 10.1. The van der Waals surface area contributed by atoms with Crippen LogP contribution in [0.1, 0.15) is 64.8 Å². The van der Waals surface area contributed by atoms with Crippen molar-refractivity contribution in [3.8, 4) is 5.69 Å². The molecule has 0 radical (unpaired) electrons. The lowest BCUT2D eigenvalue weighted by molar-refractivity contribution is 0.405. The molecule has 3 aromatic heterocycles. The Balaban J connectivity index is 2.09. The second kappa shape index (κ2) is 9.16. The number of hydrogen-bond donors (Lipinski definition) is 1. The van der Waals surface area contributed by atoms with E-state index in [0.717, 1.165) is 11.4 Å². The van der Waals surface area contributed by atoms with E-state index in [1.807, 2.05) is 27.7 Å². The lowest BCUT2D eigenvalue weighted by Gasteiger charge is -2.37. The average molecular weight is 490 g/mol. The van der Waals surface area contributed by atoms with Crippen LogP contribution in [0, 0.1) is 0 Å². The van der Waals surface area contributed by atoms with E-state index in [-0.39, 0.29) is 29.1 Å². The monoisotopic (exact) mass is 489 g/mol. The molecule has 0 aromatic carbocycles. The Morgan fingerprint density at radius 1 is 1.00 bits per heavy atom. The first kappa shape index (κ1) is 23.9. The van der Waals surface area contributed by atoms with E-state index in [2.05, 4.69) is 44.0 Å². The first-order valence-corrected chi connectivity index (χ1v) is 12.0. The summed E-state index contributed by atoms with van der Waals surface area (Å²) in [5.41, 5.74) is 2.08. The molecule has 1 aliphatic rings. The summed E-state index contributed by atoms with van der Waals surface area (Å²) in [5, 5.41) is 4.61. The number of pyridine rings is 1. The predicted octanol–water partition coefficient (Wildman–Crippen LogP) is 4.31. The van der Waals surface area contributed by atoms with E-state index < -0.39 is 5.69 Å². The van der Waals surface area contributed by atoms with Crippen LogP contribution in [0.25, 0.3) is 16.7 Å². The standard InChI is InChI=1S/C23H29Cl2N7O/c1-11(2)17-19(18(12(3)4)27-10-26-17)32-22-15(7-16(24)20(25)29-22)21(30-23(32)33)31-8-13(5)28-14(6)9-31/h7,10-14,28H,8-9H2,1-6H3. The third-order valence-electron chi connectivity index (χ3n) is 5.81. The minimum atomic E-state index is -0.444. The highest BCUT2D eigenvalue weighted by molar-refractivity contribution is 6.41. The number of fused-ring (bicyclic) bond motifs is 1. The van der Waals surface area contributed by atoms with Gasteiger partial charge in [0.25, 0.3) is 0 Å². The minimum Gasteiger partial charge on any atom is -0.353 e. The molecule has 4 rings (SSSR count). The van der Waals surface area contributed by atoms with E-state index >= 15 is 0 Å². The molecule has 0 saturated carbocycles. The van der Waals surface area contributed by atoms with Crippen LogP contribution in [-0.4, -0.2) is 49.7 Å². The normalized spacial score (nSPS) is 19.2. The maximum absolute atomic E-state index is 13.6. The van der Waals surface area contributed by atoms with Crippen LogP contribution >= 0.6 is 23.2 Å². The molecule has 0 amide bonds. The number of anilines is 1. The van der Waals surface area contributed by atoms with Gasteiger partial charge in [-0.15, -0.1) is 0 Å². The van der Waals surface area contributed by atoms with Crippen LogP contribution in [0.2, 0.25) is 10.2 Å². The quantitative estimate of drug-likeness (QED) is 0.545. The minimum absolute atomic E-state index is 0.0553. The SMILES string of the molecule is CC1CN(c2nc(=O)n(-c3c(C(C)C)ncnc3C(C)C)c3nc(Cl)c(Cl)cc23)CC(C)N1. The van der Waals surface area contributed by atoms with Crippen molar-refractivity contribution in [2.24, 2.45) is 0 Å². The molecule has 0 spiro atoms. The van der Waals surface area contributed by atoms with E-state index in [1.165, 1.54) is 4.57 Å². The van der Waals surface area contributed by atoms with E-state index in [4.69, 9.17) is 23.2 Å². The second-order valence-electron chi connectivity index (χ2n) is 9.36. The first-order valence-electron chi connectivity index (χ1n) is 11.2. The fourth-order valence-electron chi connectivity index (χ4n) is 4.51. The molecule has 4 heterocycles. The van der Waals surface area contributed by atoms with Crippen molar-refractivity contribution in [2.45, 2.75) is 65.5 Å². The van der Waals surface area contributed by atoms with Crippen LogP contribution in [0.5, 0.6) is 0 Å². The molecule has 2 unspecified atom stereocenters. The molecule has 2 atom stereocenters. The molecular weight excluding hydrogens is 461 g/mol. The van der Waals surface area contributed by atoms with Crippen molar-refractivity contribution in [1.82, 2.24) is 29.8 Å². The molecule has 0 aliphatic carbocycles. The first-order chi connectivity index (χ1) is 15.6. The maximum atomic E-state index is 13.6. The van der Waals surface area contributed by atoms with Crippen molar-refractivity contribution in [2.75, 3.05) is 18.0 Å². The smallest absolute Gasteiger partial charge is 0.353 e. The summed E-state index contributed by atoms with van der Waals surface area (Å²) < 4.78 is 1.50. The fourth-order valence-corrected chi connectivity index (χ4v) is 4.79. The van der Waals surface area contributed by atoms with Crippen molar-refractivity contribution >= 4 is 40.1 Å². The lowest BCUT2D eigenvalue weighted by Crippen LogP contribution is -2.55. The molecule has 1 N–H and O–H groups in total. The molecule has 10 heteroatoms. The molecule has 176 valence electrons. The molecule has 3 aromatic rings. The number of halogens is 2. The zero-order valence-corrected chi connectivity index (χ0v) is 21.2. The molecular formula is C23H29Cl2N7O. The van der Waals surface area contributed by atoms with Crippen molar-refractivity contribution in [3.05, 3.63) is 44.4 Å². The number of hydrogen-bond acceptors (Lipinski definition) is 7. The number of aromatic nitrogens is 5. The van der Waals surface area contributed by atoms with Crippen LogP contribution in [0.15, 0.2) is 17.2 Å². The summed E-state index contributed by atoms with van der Waals surface area (Å²) in [6.45, 7) is 13.8. The highest BCUT2D eigenvalue weighted by Gasteiger charge is 2.28. The van der Waals surface area contributed by atoms with Crippen LogP contribution in [-0.2, 0) is 0 Å². The van der Waals surface area contributed by atoms with Crippen LogP contribution in [0.4, 0.5) is 5.82 Å². The van der Waals surface area contributed by atoms with Gasteiger partial charge in [0.05, 0.1) is 27.5 Å². The maximum Gasteiger partial charge on any atom is 0.355 e. The Morgan fingerprint density at radius 2 is 1.58 bits per heavy atom. The van der Waals surface area contributed by atoms with E-state index in [0.29, 0.717) is 40.7 Å². The van der Waals surface area contributed by atoms with Crippen molar-refractivity contribution < 1.29 is 0 Å². The van der Waals surface area contributed by atoms with Gasteiger partial charge in [-0.2, -0.15) is 4.98 Å². The average Bonchev–Trinajstić information content (AvgIpc) is 2.73. The van der Waals surface area contributed by atoms with Crippen molar-refractivity contribution in [3.63, 3.8) is 0 Å². The molecule has 8 nitrogen and oxygen atoms in total. The Kier molecular flexibility index (Phi) is 6.62. The summed E-state index contributed by atoms with van der Waals surface area (Å²) in [4.78, 5) is 33.9. The highest BCUT2D eigenvalue weighted by Crippen LogP contribution is 2.34. The zero-order chi connectivity index (χ0) is 24.0. The van der Waals surface area contributed by atoms with Gasteiger partial charge in [-0.05, 0) is 31.7 Å². The van der Waals surface area contributed by atoms with Gasteiger partial charge in [-0.3, -0.25) is 0 Å². The Morgan fingerprint density at radius 3 is 2.12 bits per heavy atom. The molecule has 33 heavy (non-hydrogen) atoms. The van der Waals surface area contributed by atoms with Gasteiger partial charge < -0.3 is 10.2 Å². The summed E-state index contributed by atoms with van der Waals surface area (Å²) >= 11 is 12.7. The summed E-state index contributed by atoms with van der Waals surface area (Å²) in [7, 11) is 0. The van der Waals surface area contributed by atoms with Crippen LogP contribution in [0.3, 0.4) is 0 Å².